The minimum Gasteiger partial charge on any atom is -0.326 e. The summed E-state index contributed by atoms with van der Waals surface area (Å²) in [7, 11) is 0. The van der Waals surface area contributed by atoms with Crippen molar-refractivity contribution in [1.29, 1.82) is 0 Å². The number of rotatable bonds is 5. The molecule has 1 heterocycles. The Kier molecular flexibility index (Phi) is 4.57. The van der Waals surface area contributed by atoms with Gasteiger partial charge in [0, 0.05) is 36.8 Å². The lowest BCUT2D eigenvalue weighted by atomic mass is 10.2. The van der Waals surface area contributed by atoms with E-state index >= 15 is 0 Å². The standard InChI is InChI=1S/C17H19ClN4O2/c1-3-22-15(11-4-5-11)9-16(21-22)20-17(24)13-7-6-12(8-14(13)18)19-10(2)23/h6-9,11H,3-5H2,1-2H3,(H,19,23)(H,20,21,24). The van der Waals surface area contributed by atoms with Crippen LogP contribution in [-0.4, -0.2) is 21.6 Å². The fourth-order valence-electron chi connectivity index (χ4n) is 2.62. The molecule has 1 aromatic carbocycles. The molecule has 1 aromatic heterocycles. The molecule has 3 rings (SSSR count). The molecule has 6 nitrogen and oxygen atoms in total. The smallest absolute Gasteiger partial charge is 0.258 e. The first-order chi connectivity index (χ1) is 11.5. The Morgan fingerprint density at radius 2 is 2.04 bits per heavy atom. The first-order valence-corrected chi connectivity index (χ1v) is 8.32. The van der Waals surface area contributed by atoms with Crippen molar-refractivity contribution < 1.29 is 9.59 Å². The van der Waals surface area contributed by atoms with Crippen LogP contribution in [0.15, 0.2) is 24.3 Å². The van der Waals surface area contributed by atoms with Gasteiger partial charge in [0.15, 0.2) is 5.82 Å². The number of halogens is 1. The van der Waals surface area contributed by atoms with Crippen LogP contribution in [-0.2, 0) is 11.3 Å². The highest BCUT2D eigenvalue weighted by Crippen LogP contribution is 2.40. The van der Waals surface area contributed by atoms with Crippen LogP contribution in [0.2, 0.25) is 5.02 Å². The number of aromatic nitrogens is 2. The van der Waals surface area contributed by atoms with E-state index in [1.54, 1.807) is 18.2 Å². The number of carbonyl (C=O) groups excluding carboxylic acids is 2. The lowest BCUT2D eigenvalue weighted by Crippen LogP contribution is -2.14. The van der Waals surface area contributed by atoms with Gasteiger partial charge in [0.1, 0.15) is 0 Å². The molecule has 24 heavy (non-hydrogen) atoms. The summed E-state index contributed by atoms with van der Waals surface area (Å²) < 4.78 is 1.93. The van der Waals surface area contributed by atoms with E-state index in [2.05, 4.69) is 15.7 Å². The molecule has 1 fully saturated rings. The average Bonchev–Trinajstić information content (AvgIpc) is 3.28. The van der Waals surface area contributed by atoms with Crippen molar-refractivity contribution in [3.63, 3.8) is 0 Å². The van der Waals surface area contributed by atoms with Gasteiger partial charge in [-0.25, -0.2) is 0 Å². The Labute approximate surface area is 145 Å². The molecule has 0 bridgehead atoms. The van der Waals surface area contributed by atoms with Gasteiger partial charge in [0.05, 0.1) is 10.6 Å². The Bertz CT molecular complexity index is 796. The van der Waals surface area contributed by atoms with Crippen LogP contribution >= 0.6 is 11.6 Å². The summed E-state index contributed by atoms with van der Waals surface area (Å²) in [5.41, 5.74) is 2.06. The molecule has 0 saturated heterocycles. The number of aryl methyl sites for hydroxylation is 1. The van der Waals surface area contributed by atoms with Crippen molar-refractivity contribution in [2.45, 2.75) is 39.2 Å². The normalized spacial score (nSPS) is 13.6. The summed E-state index contributed by atoms with van der Waals surface area (Å²) in [6.07, 6.45) is 2.35. The van der Waals surface area contributed by atoms with Crippen LogP contribution in [0.25, 0.3) is 0 Å². The number of carbonyl (C=O) groups is 2. The zero-order chi connectivity index (χ0) is 17.3. The third-order valence-corrected chi connectivity index (χ3v) is 4.19. The molecule has 2 N–H and O–H groups in total. The van der Waals surface area contributed by atoms with E-state index in [4.69, 9.17) is 11.6 Å². The molecule has 0 atom stereocenters. The molecule has 2 aromatic rings. The van der Waals surface area contributed by atoms with Crippen molar-refractivity contribution in [3.05, 3.63) is 40.5 Å². The zero-order valence-electron chi connectivity index (χ0n) is 13.6. The van der Waals surface area contributed by atoms with Gasteiger partial charge in [0.2, 0.25) is 5.91 Å². The van der Waals surface area contributed by atoms with Crippen molar-refractivity contribution in [1.82, 2.24) is 9.78 Å². The van der Waals surface area contributed by atoms with E-state index < -0.39 is 0 Å². The Balaban J connectivity index is 1.76. The predicted octanol–water partition coefficient (Wildman–Crippen LogP) is 3.64. The number of hydrogen-bond donors (Lipinski definition) is 2. The van der Waals surface area contributed by atoms with Gasteiger partial charge >= 0.3 is 0 Å². The number of anilines is 2. The SMILES string of the molecule is CCn1nc(NC(=O)c2ccc(NC(C)=O)cc2Cl)cc1C1CC1. The summed E-state index contributed by atoms with van der Waals surface area (Å²) in [6, 6.07) is 6.71. The quantitative estimate of drug-likeness (QED) is 0.867. The van der Waals surface area contributed by atoms with E-state index in [0.29, 0.717) is 23.0 Å². The van der Waals surface area contributed by atoms with Crippen LogP contribution in [0.4, 0.5) is 11.5 Å². The molecule has 1 saturated carbocycles. The number of nitrogens with one attached hydrogen (secondary N) is 2. The Morgan fingerprint density at radius 3 is 2.62 bits per heavy atom. The maximum atomic E-state index is 12.4. The van der Waals surface area contributed by atoms with E-state index in [0.717, 1.165) is 6.54 Å². The molecule has 7 heteroatoms. The van der Waals surface area contributed by atoms with Gasteiger partial charge < -0.3 is 10.6 Å². The highest BCUT2D eigenvalue weighted by molar-refractivity contribution is 6.34. The van der Waals surface area contributed by atoms with E-state index in [-0.39, 0.29) is 16.8 Å². The van der Waals surface area contributed by atoms with Gasteiger partial charge in [-0.05, 0) is 38.0 Å². The largest absolute Gasteiger partial charge is 0.326 e. The zero-order valence-corrected chi connectivity index (χ0v) is 14.4. The van der Waals surface area contributed by atoms with Crippen LogP contribution in [0.3, 0.4) is 0 Å². The minimum absolute atomic E-state index is 0.194. The fraction of sp³-hybridized carbons (Fsp3) is 0.353. The highest BCUT2D eigenvalue weighted by atomic mass is 35.5. The molecule has 0 unspecified atom stereocenters. The van der Waals surface area contributed by atoms with Gasteiger partial charge in [-0.3, -0.25) is 14.3 Å². The first-order valence-electron chi connectivity index (χ1n) is 7.94. The molecular formula is C17H19ClN4O2. The maximum Gasteiger partial charge on any atom is 0.258 e. The van der Waals surface area contributed by atoms with Crippen molar-refractivity contribution in [2.24, 2.45) is 0 Å². The molecule has 1 aliphatic carbocycles. The Morgan fingerprint density at radius 1 is 1.29 bits per heavy atom. The number of benzene rings is 1. The summed E-state index contributed by atoms with van der Waals surface area (Å²) in [6.45, 7) is 4.21. The van der Waals surface area contributed by atoms with Gasteiger partial charge in [0.25, 0.3) is 5.91 Å². The van der Waals surface area contributed by atoms with E-state index in [1.165, 1.54) is 25.5 Å². The molecule has 1 aliphatic rings. The fourth-order valence-corrected chi connectivity index (χ4v) is 2.88. The summed E-state index contributed by atoms with van der Waals surface area (Å²) in [5.74, 6) is 0.577. The minimum atomic E-state index is -0.322. The summed E-state index contributed by atoms with van der Waals surface area (Å²) in [4.78, 5) is 23.5. The third-order valence-electron chi connectivity index (χ3n) is 3.88. The third kappa shape index (κ3) is 3.59. The number of nitrogens with zero attached hydrogens (tertiary/aromatic N) is 2. The van der Waals surface area contributed by atoms with Crippen LogP contribution in [0, 0.1) is 0 Å². The topological polar surface area (TPSA) is 76.0 Å². The number of hydrogen-bond acceptors (Lipinski definition) is 3. The van der Waals surface area contributed by atoms with Crippen molar-refractivity contribution >= 4 is 34.9 Å². The molecule has 126 valence electrons. The second-order valence-corrected chi connectivity index (χ2v) is 6.28. The highest BCUT2D eigenvalue weighted by Gasteiger charge is 2.28. The summed E-state index contributed by atoms with van der Waals surface area (Å²) >= 11 is 6.16. The molecular weight excluding hydrogens is 328 g/mol. The average molecular weight is 347 g/mol. The lowest BCUT2D eigenvalue weighted by molar-refractivity contribution is -0.114. The molecule has 0 spiro atoms. The van der Waals surface area contributed by atoms with Gasteiger partial charge in [-0.2, -0.15) is 5.10 Å². The predicted molar refractivity (Wildman–Crippen MR) is 93.6 cm³/mol. The maximum absolute atomic E-state index is 12.4. The summed E-state index contributed by atoms with van der Waals surface area (Å²) in [5, 5.41) is 10.1. The molecule has 2 amide bonds. The van der Waals surface area contributed by atoms with Crippen LogP contribution in [0.5, 0.6) is 0 Å². The van der Waals surface area contributed by atoms with Gasteiger partial charge in [-0.15, -0.1) is 0 Å². The first kappa shape index (κ1) is 16.5. The second kappa shape index (κ2) is 6.65. The van der Waals surface area contributed by atoms with Crippen LogP contribution in [0.1, 0.15) is 48.7 Å². The number of amides is 2. The molecule has 0 aliphatic heterocycles. The second-order valence-electron chi connectivity index (χ2n) is 5.87. The van der Waals surface area contributed by atoms with Crippen LogP contribution < -0.4 is 10.6 Å². The van der Waals surface area contributed by atoms with E-state index in [9.17, 15) is 9.59 Å². The van der Waals surface area contributed by atoms with Gasteiger partial charge in [-0.1, -0.05) is 11.6 Å². The van der Waals surface area contributed by atoms with E-state index in [1.807, 2.05) is 17.7 Å². The lowest BCUT2D eigenvalue weighted by Gasteiger charge is -2.07. The van der Waals surface area contributed by atoms with Crippen molar-refractivity contribution in [3.8, 4) is 0 Å². The Hall–Kier alpha value is -2.34. The van der Waals surface area contributed by atoms with Crippen molar-refractivity contribution in [2.75, 3.05) is 10.6 Å². The monoisotopic (exact) mass is 346 g/mol. The molecule has 0 radical (unpaired) electrons.